The van der Waals surface area contributed by atoms with Gasteiger partial charge in [0.2, 0.25) is 19.7 Å². The molecule has 0 spiro atoms. The van der Waals surface area contributed by atoms with E-state index < -0.39 is 19.7 Å². The lowest BCUT2D eigenvalue weighted by Crippen LogP contribution is -2.06. The van der Waals surface area contributed by atoms with Crippen LogP contribution in [0.25, 0.3) is 0 Å². The average Bonchev–Trinajstić information content (AvgIpc) is 2.79. The maximum absolute atomic E-state index is 13.2. The highest BCUT2D eigenvalue weighted by Gasteiger charge is 2.26. The molecule has 2 N–H and O–H groups in total. The zero-order valence-corrected chi connectivity index (χ0v) is 18.6. The minimum absolute atomic E-state index is 0.0839. The Balaban J connectivity index is 1.81. The molecule has 33 heavy (non-hydrogen) atoms. The predicted molar refractivity (Wildman–Crippen MR) is 120 cm³/mol. The fourth-order valence-electron chi connectivity index (χ4n) is 3.19. The van der Waals surface area contributed by atoms with Gasteiger partial charge >= 0.3 is 0 Å². The van der Waals surface area contributed by atoms with Gasteiger partial charge in [0, 0.05) is 0 Å². The van der Waals surface area contributed by atoms with E-state index in [2.05, 4.69) is 0 Å². The molecule has 0 aliphatic carbocycles. The van der Waals surface area contributed by atoms with Crippen LogP contribution in [0.5, 0.6) is 23.0 Å². The summed E-state index contributed by atoms with van der Waals surface area (Å²) in [5, 5.41) is 19.4. The number of benzene rings is 4. The van der Waals surface area contributed by atoms with Crippen LogP contribution in [0.15, 0.2) is 117 Å². The summed E-state index contributed by atoms with van der Waals surface area (Å²) in [6, 6.07) is 22.1. The molecule has 0 aliphatic rings. The number of rotatable bonds is 6. The number of ether oxygens (including phenoxy) is 1. The molecular weight excluding hydrogens is 464 g/mol. The molecule has 0 aliphatic heterocycles. The van der Waals surface area contributed by atoms with Crippen molar-refractivity contribution in [1.82, 2.24) is 0 Å². The van der Waals surface area contributed by atoms with Gasteiger partial charge in [0.25, 0.3) is 0 Å². The molecule has 0 aromatic heterocycles. The first-order valence-electron chi connectivity index (χ1n) is 9.64. The van der Waals surface area contributed by atoms with Gasteiger partial charge in [0.1, 0.15) is 32.8 Å². The van der Waals surface area contributed by atoms with Gasteiger partial charge < -0.3 is 14.9 Å². The maximum atomic E-state index is 13.2. The van der Waals surface area contributed by atoms with Gasteiger partial charge in [0.15, 0.2) is 0 Å². The van der Waals surface area contributed by atoms with Crippen LogP contribution in [0.2, 0.25) is 0 Å². The Morgan fingerprint density at radius 1 is 0.515 bits per heavy atom. The van der Waals surface area contributed by atoms with E-state index in [9.17, 15) is 27.0 Å². The lowest BCUT2D eigenvalue weighted by molar-refractivity contribution is 0.453. The smallest absolute Gasteiger partial charge is 0.210 e. The van der Waals surface area contributed by atoms with E-state index in [1.54, 1.807) is 12.1 Å². The SMILES string of the molecule is O=S(=O)(c1cccc(O)c1)c1ccccc1Oc1ccccc1S(=O)(=O)c1cccc(O)c1. The summed E-state index contributed by atoms with van der Waals surface area (Å²) in [6.07, 6.45) is 0. The molecule has 4 aromatic rings. The third kappa shape index (κ3) is 4.41. The van der Waals surface area contributed by atoms with Gasteiger partial charge in [-0.1, -0.05) is 36.4 Å². The van der Waals surface area contributed by atoms with Crippen LogP contribution < -0.4 is 4.74 Å². The normalized spacial score (nSPS) is 11.8. The van der Waals surface area contributed by atoms with E-state index in [1.165, 1.54) is 72.8 Å². The van der Waals surface area contributed by atoms with Crippen molar-refractivity contribution in [3.8, 4) is 23.0 Å². The van der Waals surface area contributed by atoms with Crippen molar-refractivity contribution in [1.29, 1.82) is 0 Å². The van der Waals surface area contributed by atoms with Crippen molar-refractivity contribution in [2.24, 2.45) is 0 Å². The van der Waals surface area contributed by atoms with Crippen LogP contribution in [-0.4, -0.2) is 27.0 Å². The minimum atomic E-state index is -4.09. The molecule has 0 atom stereocenters. The lowest BCUT2D eigenvalue weighted by Gasteiger charge is -2.15. The lowest BCUT2D eigenvalue weighted by atomic mass is 10.3. The molecule has 0 bridgehead atoms. The average molecular weight is 483 g/mol. The third-order valence-corrected chi connectivity index (χ3v) is 8.33. The Morgan fingerprint density at radius 3 is 1.30 bits per heavy atom. The molecule has 4 aromatic carbocycles. The van der Waals surface area contributed by atoms with Crippen LogP contribution in [0, 0.1) is 0 Å². The van der Waals surface area contributed by atoms with Crippen molar-refractivity contribution < 1.29 is 31.8 Å². The first-order chi connectivity index (χ1) is 15.7. The number of para-hydroxylation sites is 2. The number of sulfone groups is 2. The minimum Gasteiger partial charge on any atom is -0.508 e. The molecule has 0 heterocycles. The largest absolute Gasteiger partial charge is 0.508 e. The summed E-state index contributed by atoms with van der Waals surface area (Å²) in [5.41, 5.74) is 0. The highest BCUT2D eigenvalue weighted by Crippen LogP contribution is 2.37. The summed E-state index contributed by atoms with van der Waals surface area (Å²) in [7, 11) is -8.17. The zero-order chi connectivity index (χ0) is 23.6. The van der Waals surface area contributed by atoms with Gasteiger partial charge in [-0.15, -0.1) is 0 Å². The quantitative estimate of drug-likeness (QED) is 0.414. The molecule has 0 radical (unpaired) electrons. The van der Waals surface area contributed by atoms with Crippen molar-refractivity contribution in [2.75, 3.05) is 0 Å². The van der Waals surface area contributed by atoms with Crippen molar-refractivity contribution in [2.45, 2.75) is 19.6 Å². The highest BCUT2D eigenvalue weighted by atomic mass is 32.2. The molecule has 7 nitrogen and oxygen atoms in total. The van der Waals surface area contributed by atoms with E-state index in [1.807, 2.05) is 0 Å². The second kappa shape index (κ2) is 8.61. The number of aromatic hydroxyl groups is 2. The third-order valence-electron chi connectivity index (χ3n) is 4.75. The van der Waals surface area contributed by atoms with E-state index >= 15 is 0 Å². The summed E-state index contributed by atoms with van der Waals surface area (Å²) in [6.45, 7) is 0. The van der Waals surface area contributed by atoms with Crippen LogP contribution in [0.4, 0.5) is 0 Å². The standard InChI is InChI=1S/C24H18O7S2/c25-17-7-5-9-19(15-17)32(27,28)23-13-3-1-11-21(23)31-22-12-2-4-14-24(22)33(29,30)20-10-6-8-18(26)16-20/h1-16,25-26H. The van der Waals surface area contributed by atoms with Gasteiger partial charge in [-0.3, -0.25) is 0 Å². The Bertz CT molecular complexity index is 1430. The summed E-state index contributed by atoms with van der Waals surface area (Å²) >= 11 is 0. The van der Waals surface area contributed by atoms with E-state index in [0.717, 1.165) is 12.1 Å². The van der Waals surface area contributed by atoms with Crippen LogP contribution in [-0.2, 0) is 19.7 Å². The molecule has 0 fully saturated rings. The van der Waals surface area contributed by atoms with Gasteiger partial charge in [-0.25, -0.2) is 16.8 Å². The molecule has 4 rings (SSSR count). The van der Waals surface area contributed by atoms with Crippen LogP contribution in [0.1, 0.15) is 0 Å². The molecule has 9 heteroatoms. The van der Waals surface area contributed by atoms with Gasteiger partial charge in [0.05, 0.1) is 9.79 Å². The molecule has 0 saturated heterocycles. The van der Waals surface area contributed by atoms with E-state index in [-0.39, 0.29) is 42.6 Å². The van der Waals surface area contributed by atoms with Gasteiger partial charge in [-0.05, 0) is 60.7 Å². The van der Waals surface area contributed by atoms with Crippen molar-refractivity contribution in [3.05, 3.63) is 97.1 Å². The van der Waals surface area contributed by atoms with Crippen molar-refractivity contribution >= 4 is 19.7 Å². The Kier molecular flexibility index (Phi) is 5.84. The maximum Gasteiger partial charge on any atom is 0.210 e. The molecular formula is C24H18O7S2. The zero-order valence-electron chi connectivity index (χ0n) is 17.0. The fraction of sp³-hybridized carbons (Fsp3) is 0. The topological polar surface area (TPSA) is 118 Å². The number of hydrogen-bond acceptors (Lipinski definition) is 7. The van der Waals surface area contributed by atoms with Crippen LogP contribution >= 0.6 is 0 Å². The predicted octanol–water partition coefficient (Wildman–Crippen LogP) is 4.56. The van der Waals surface area contributed by atoms with E-state index in [4.69, 9.17) is 4.74 Å². The monoisotopic (exact) mass is 482 g/mol. The molecule has 0 saturated carbocycles. The molecule has 0 unspecified atom stereocenters. The second-order valence-corrected chi connectivity index (χ2v) is 10.8. The number of phenolic OH excluding ortho intramolecular Hbond substituents is 2. The van der Waals surface area contributed by atoms with Gasteiger partial charge in [-0.2, -0.15) is 0 Å². The summed E-state index contributed by atoms with van der Waals surface area (Å²) < 4.78 is 58.6. The number of phenols is 2. The Hall–Kier alpha value is -3.82. The molecule has 168 valence electrons. The highest BCUT2D eigenvalue weighted by molar-refractivity contribution is 7.92. The Labute approximate surface area is 191 Å². The Morgan fingerprint density at radius 2 is 0.909 bits per heavy atom. The summed E-state index contributed by atoms with van der Waals surface area (Å²) in [4.78, 5) is -0.668. The first kappa shape index (κ1) is 22.4. The second-order valence-electron chi connectivity index (χ2n) is 7.00. The fourth-order valence-corrected chi connectivity index (χ4v) is 6.03. The number of hydrogen-bond donors (Lipinski definition) is 2. The van der Waals surface area contributed by atoms with E-state index in [0.29, 0.717) is 0 Å². The molecule has 0 amide bonds. The summed E-state index contributed by atoms with van der Waals surface area (Å²) in [5.74, 6) is -0.590. The first-order valence-corrected chi connectivity index (χ1v) is 12.6. The van der Waals surface area contributed by atoms with Crippen LogP contribution in [0.3, 0.4) is 0 Å². The van der Waals surface area contributed by atoms with Crippen molar-refractivity contribution in [3.63, 3.8) is 0 Å².